The minimum Gasteiger partial charge on any atom is -0.484 e. The maximum Gasteiger partial charge on any atom is 0.165 e. The van der Waals surface area contributed by atoms with Crippen molar-refractivity contribution in [1.29, 1.82) is 0 Å². The van der Waals surface area contributed by atoms with Gasteiger partial charge in [-0.1, -0.05) is 26.0 Å². The maximum absolute atomic E-state index is 14.0. The zero-order valence-corrected chi connectivity index (χ0v) is 12.8. The first-order valence-corrected chi connectivity index (χ1v) is 7.24. The normalized spacial score (nSPS) is 11.1. The topological polar surface area (TPSA) is 39.1 Å². The zero-order chi connectivity index (χ0) is 15.2. The van der Waals surface area contributed by atoms with Crippen molar-refractivity contribution in [3.8, 4) is 5.75 Å². The predicted octanol–water partition coefficient (Wildman–Crippen LogP) is 3.12. The molecule has 0 bridgehead atoms. The number of hydrogen-bond acceptors (Lipinski definition) is 3. The van der Waals surface area contributed by atoms with Crippen molar-refractivity contribution in [2.24, 2.45) is 0 Å². The number of nitrogens with one attached hydrogen (secondary N) is 1. The number of para-hydroxylation sites is 1. The molecule has 114 valence electrons. The highest BCUT2D eigenvalue weighted by atomic mass is 19.1. The van der Waals surface area contributed by atoms with Crippen molar-refractivity contribution in [3.63, 3.8) is 0 Å². The molecule has 0 saturated heterocycles. The third-order valence-electron chi connectivity index (χ3n) is 3.25. The summed E-state index contributed by atoms with van der Waals surface area (Å²) in [5.74, 6) is -0.0184. The Kier molecular flexibility index (Phi) is 5.33. The number of halogens is 1. The van der Waals surface area contributed by atoms with Gasteiger partial charge in [-0.3, -0.25) is 0 Å². The molecule has 0 amide bonds. The highest BCUT2D eigenvalue weighted by molar-refractivity contribution is 5.35. The molecule has 5 heteroatoms. The molecular weight excluding hydrogens is 269 g/mol. The summed E-state index contributed by atoms with van der Waals surface area (Å²) in [7, 11) is 0. The van der Waals surface area contributed by atoms with E-state index in [2.05, 4.69) is 24.1 Å². The Morgan fingerprint density at radius 2 is 2.19 bits per heavy atom. The summed E-state index contributed by atoms with van der Waals surface area (Å²) in [6.07, 6.45) is 3.50. The first kappa shape index (κ1) is 15.5. The molecule has 0 aliphatic carbocycles. The van der Waals surface area contributed by atoms with Crippen LogP contribution in [-0.4, -0.2) is 15.6 Å². The summed E-state index contributed by atoms with van der Waals surface area (Å²) >= 11 is 0. The lowest BCUT2D eigenvalue weighted by atomic mass is 10.2. The molecule has 4 nitrogen and oxygen atoms in total. The molecule has 1 aromatic carbocycles. The molecule has 2 rings (SSSR count). The molecule has 0 aliphatic rings. The number of benzene rings is 1. The van der Waals surface area contributed by atoms with Crippen molar-refractivity contribution in [1.82, 2.24) is 14.9 Å². The molecular formula is C16H22FN3O. The van der Waals surface area contributed by atoms with Gasteiger partial charge < -0.3 is 14.6 Å². The summed E-state index contributed by atoms with van der Waals surface area (Å²) in [6, 6.07) is 5.34. The Morgan fingerprint density at radius 3 is 2.90 bits per heavy atom. The molecule has 0 aliphatic heterocycles. The van der Waals surface area contributed by atoms with Gasteiger partial charge in [0.25, 0.3) is 0 Å². The summed E-state index contributed by atoms with van der Waals surface area (Å²) < 4.78 is 21.7. The van der Waals surface area contributed by atoms with E-state index in [1.165, 1.54) is 6.07 Å². The zero-order valence-electron chi connectivity index (χ0n) is 12.8. The number of imidazole rings is 1. The van der Waals surface area contributed by atoms with E-state index in [0.717, 1.165) is 17.8 Å². The van der Waals surface area contributed by atoms with Gasteiger partial charge >= 0.3 is 0 Å². The van der Waals surface area contributed by atoms with Gasteiger partial charge in [-0.05, 0) is 13.0 Å². The predicted molar refractivity (Wildman–Crippen MR) is 80.6 cm³/mol. The van der Waals surface area contributed by atoms with E-state index >= 15 is 0 Å². The van der Waals surface area contributed by atoms with Gasteiger partial charge in [0.15, 0.2) is 11.6 Å². The van der Waals surface area contributed by atoms with Crippen molar-refractivity contribution < 1.29 is 9.13 Å². The number of hydrogen-bond donors (Lipinski definition) is 1. The minimum absolute atomic E-state index is 0.309. The van der Waals surface area contributed by atoms with Gasteiger partial charge in [0.05, 0.1) is 18.2 Å². The second-order valence-electron chi connectivity index (χ2n) is 5.22. The lowest BCUT2D eigenvalue weighted by Gasteiger charge is -2.15. The Morgan fingerprint density at radius 1 is 1.38 bits per heavy atom. The second kappa shape index (κ2) is 7.22. The van der Waals surface area contributed by atoms with E-state index in [1.807, 2.05) is 17.6 Å². The summed E-state index contributed by atoms with van der Waals surface area (Å²) in [6.45, 7) is 7.85. The Balaban J connectivity index is 2.11. The maximum atomic E-state index is 14.0. The Labute approximate surface area is 125 Å². The highest BCUT2D eigenvalue weighted by Gasteiger charge is 2.11. The molecule has 0 spiro atoms. The first-order valence-electron chi connectivity index (χ1n) is 7.24. The average Bonchev–Trinajstić information content (AvgIpc) is 2.91. The largest absolute Gasteiger partial charge is 0.484 e. The van der Waals surface area contributed by atoms with Crippen molar-refractivity contribution in [2.75, 3.05) is 0 Å². The van der Waals surface area contributed by atoms with Gasteiger partial charge in [-0.2, -0.15) is 0 Å². The van der Waals surface area contributed by atoms with Crippen LogP contribution in [0.25, 0.3) is 0 Å². The molecule has 21 heavy (non-hydrogen) atoms. The number of ether oxygens (including phenoxy) is 1. The fourth-order valence-electron chi connectivity index (χ4n) is 2.07. The third kappa shape index (κ3) is 4.04. The van der Waals surface area contributed by atoms with Crippen LogP contribution in [-0.2, 0) is 19.7 Å². The molecule has 0 fully saturated rings. The molecule has 1 N–H and O–H groups in total. The van der Waals surface area contributed by atoms with Gasteiger partial charge in [0.1, 0.15) is 6.61 Å². The minimum atomic E-state index is -0.333. The van der Waals surface area contributed by atoms with Crippen LogP contribution in [0.4, 0.5) is 4.39 Å². The lowest BCUT2D eigenvalue weighted by Crippen LogP contribution is -2.22. The summed E-state index contributed by atoms with van der Waals surface area (Å²) in [5, 5.41) is 3.28. The van der Waals surface area contributed by atoms with Gasteiger partial charge in [-0.15, -0.1) is 0 Å². The van der Waals surface area contributed by atoms with Crippen LogP contribution >= 0.6 is 0 Å². The smallest absolute Gasteiger partial charge is 0.165 e. The van der Waals surface area contributed by atoms with Crippen molar-refractivity contribution >= 4 is 0 Å². The second-order valence-corrected chi connectivity index (χ2v) is 5.22. The van der Waals surface area contributed by atoms with Gasteiger partial charge in [0.2, 0.25) is 0 Å². The molecule has 1 aromatic heterocycles. The quantitative estimate of drug-likeness (QED) is 0.852. The van der Waals surface area contributed by atoms with E-state index in [-0.39, 0.29) is 5.82 Å². The van der Waals surface area contributed by atoms with Crippen molar-refractivity contribution in [3.05, 3.63) is 47.8 Å². The molecule has 2 aromatic rings. The molecule has 1 heterocycles. The number of aryl methyl sites for hydroxylation is 1. The number of aromatic nitrogens is 2. The van der Waals surface area contributed by atoms with Crippen LogP contribution < -0.4 is 10.1 Å². The van der Waals surface area contributed by atoms with Crippen LogP contribution in [0.2, 0.25) is 0 Å². The van der Waals surface area contributed by atoms with E-state index in [4.69, 9.17) is 4.74 Å². The van der Waals surface area contributed by atoms with Crippen LogP contribution in [0.1, 0.15) is 32.0 Å². The standard InChI is InChI=1S/C16H22FN3O/c1-4-20-11-18-9-14(20)10-21-16-13(8-19-12(2)3)6-5-7-15(16)17/h5-7,9,11-12,19H,4,8,10H2,1-3H3. The highest BCUT2D eigenvalue weighted by Crippen LogP contribution is 2.24. The first-order chi connectivity index (χ1) is 10.1. The fourth-order valence-corrected chi connectivity index (χ4v) is 2.07. The van der Waals surface area contributed by atoms with E-state index in [1.54, 1.807) is 18.6 Å². The summed E-state index contributed by atoms with van der Waals surface area (Å²) in [4.78, 5) is 4.09. The fraction of sp³-hybridized carbons (Fsp3) is 0.438. The van der Waals surface area contributed by atoms with Crippen LogP contribution in [0.3, 0.4) is 0 Å². The molecule has 0 unspecified atom stereocenters. The third-order valence-corrected chi connectivity index (χ3v) is 3.25. The van der Waals surface area contributed by atoms with E-state index in [0.29, 0.717) is 24.9 Å². The summed E-state index contributed by atoms with van der Waals surface area (Å²) in [5.41, 5.74) is 1.76. The van der Waals surface area contributed by atoms with Gasteiger partial charge in [-0.25, -0.2) is 9.37 Å². The molecule has 0 atom stereocenters. The molecule has 0 saturated carbocycles. The Bertz CT molecular complexity index is 581. The number of rotatable bonds is 7. The van der Waals surface area contributed by atoms with E-state index in [9.17, 15) is 4.39 Å². The van der Waals surface area contributed by atoms with Crippen LogP contribution in [0.15, 0.2) is 30.7 Å². The van der Waals surface area contributed by atoms with Crippen molar-refractivity contribution in [2.45, 2.75) is 46.5 Å². The van der Waals surface area contributed by atoms with Crippen LogP contribution in [0, 0.1) is 5.82 Å². The van der Waals surface area contributed by atoms with Gasteiger partial charge in [0, 0.05) is 24.7 Å². The number of nitrogens with zero attached hydrogens (tertiary/aromatic N) is 2. The Hall–Kier alpha value is -1.88. The SMILES string of the molecule is CCn1cncc1COc1c(F)cccc1CNC(C)C. The van der Waals surface area contributed by atoms with Crippen LogP contribution in [0.5, 0.6) is 5.75 Å². The monoisotopic (exact) mass is 291 g/mol. The average molecular weight is 291 g/mol. The molecule has 0 radical (unpaired) electrons. The van der Waals surface area contributed by atoms with E-state index < -0.39 is 0 Å². The lowest BCUT2D eigenvalue weighted by molar-refractivity contribution is 0.276.